The summed E-state index contributed by atoms with van der Waals surface area (Å²) in [5, 5.41) is 14.2. The molecule has 0 amide bonds. The van der Waals surface area contributed by atoms with E-state index in [-0.39, 0.29) is 50.8 Å². The number of ether oxygens (including phenoxy) is 2. The standard InChI is InChI=1S/C17H15BrFN5O4S/c1-27-15-10(4-3-7-20)16(28-2)23-17(22-15)24-8-12(29(21,25)26)9-5-6-11(18)13(19)14(9)24/h5-6,8H,3-4H2,1-2H3,(H2,21,25,26). The molecule has 12 heteroatoms. The van der Waals surface area contributed by atoms with Crippen molar-refractivity contribution < 1.29 is 22.3 Å². The Balaban J connectivity index is 2.37. The molecule has 9 nitrogen and oxygen atoms in total. The Labute approximate surface area is 174 Å². The molecule has 0 saturated heterocycles. The fourth-order valence-corrected chi connectivity index (χ4v) is 3.93. The maximum absolute atomic E-state index is 14.9. The van der Waals surface area contributed by atoms with E-state index in [0.717, 1.165) is 10.8 Å². The Hall–Kier alpha value is -2.75. The number of rotatable bonds is 6. The van der Waals surface area contributed by atoms with E-state index >= 15 is 0 Å². The van der Waals surface area contributed by atoms with Crippen molar-refractivity contribution in [1.29, 1.82) is 5.26 Å². The van der Waals surface area contributed by atoms with Gasteiger partial charge in [-0.3, -0.25) is 4.57 Å². The Morgan fingerprint density at radius 1 is 1.28 bits per heavy atom. The summed E-state index contributed by atoms with van der Waals surface area (Å²) in [6.07, 6.45) is 1.59. The first-order valence-corrected chi connectivity index (χ1v) is 10.4. The predicted molar refractivity (Wildman–Crippen MR) is 105 cm³/mol. The number of nitriles is 1. The van der Waals surface area contributed by atoms with Crippen molar-refractivity contribution in [2.24, 2.45) is 5.14 Å². The molecular weight excluding hydrogens is 469 g/mol. The molecule has 2 aromatic heterocycles. The molecule has 0 unspecified atom stereocenters. The largest absolute Gasteiger partial charge is 0.481 e. The number of benzene rings is 1. The van der Waals surface area contributed by atoms with Crippen LogP contribution in [0.4, 0.5) is 4.39 Å². The van der Waals surface area contributed by atoms with Crippen LogP contribution >= 0.6 is 15.9 Å². The number of halogens is 2. The highest BCUT2D eigenvalue weighted by atomic mass is 79.9. The van der Waals surface area contributed by atoms with Crippen molar-refractivity contribution in [2.75, 3.05) is 14.2 Å². The first-order chi connectivity index (χ1) is 13.7. The molecule has 0 aliphatic carbocycles. The number of aromatic nitrogens is 3. The Bertz CT molecular complexity index is 1230. The molecule has 0 fully saturated rings. The van der Waals surface area contributed by atoms with E-state index in [1.807, 2.05) is 6.07 Å². The number of hydrogen-bond donors (Lipinski definition) is 1. The van der Waals surface area contributed by atoms with Gasteiger partial charge in [-0.05, 0) is 28.4 Å². The molecule has 0 aliphatic heterocycles. The van der Waals surface area contributed by atoms with E-state index in [0.29, 0.717) is 5.56 Å². The van der Waals surface area contributed by atoms with Gasteiger partial charge in [-0.2, -0.15) is 15.2 Å². The van der Waals surface area contributed by atoms with Gasteiger partial charge in [-0.25, -0.2) is 17.9 Å². The van der Waals surface area contributed by atoms with Gasteiger partial charge in [-0.15, -0.1) is 0 Å². The molecule has 0 saturated carbocycles. The number of primary sulfonamides is 1. The van der Waals surface area contributed by atoms with Crippen molar-refractivity contribution >= 4 is 36.9 Å². The van der Waals surface area contributed by atoms with Crippen molar-refractivity contribution in [3.05, 3.63) is 34.2 Å². The molecule has 2 heterocycles. The Morgan fingerprint density at radius 3 is 2.41 bits per heavy atom. The second-order valence-corrected chi connectivity index (χ2v) is 8.23. The third kappa shape index (κ3) is 3.76. The van der Waals surface area contributed by atoms with E-state index in [1.165, 1.54) is 26.4 Å². The van der Waals surface area contributed by atoms with Gasteiger partial charge >= 0.3 is 0 Å². The van der Waals surface area contributed by atoms with Crippen LogP contribution in [-0.4, -0.2) is 37.2 Å². The maximum Gasteiger partial charge on any atom is 0.240 e. The zero-order valence-corrected chi connectivity index (χ0v) is 17.7. The van der Waals surface area contributed by atoms with E-state index in [4.69, 9.17) is 19.9 Å². The smallest absolute Gasteiger partial charge is 0.240 e. The summed E-state index contributed by atoms with van der Waals surface area (Å²) in [7, 11) is -1.40. The molecule has 0 spiro atoms. The molecule has 29 heavy (non-hydrogen) atoms. The summed E-state index contributed by atoms with van der Waals surface area (Å²) in [6.45, 7) is 0. The fraction of sp³-hybridized carbons (Fsp3) is 0.235. The number of nitrogens with two attached hydrogens (primary N) is 1. The number of hydrogen-bond acceptors (Lipinski definition) is 7. The zero-order valence-electron chi connectivity index (χ0n) is 15.3. The molecule has 152 valence electrons. The van der Waals surface area contributed by atoms with Crippen LogP contribution in [0.2, 0.25) is 0 Å². The summed E-state index contributed by atoms with van der Waals surface area (Å²) in [5.41, 5.74) is 0.377. The minimum Gasteiger partial charge on any atom is -0.481 e. The molecule has 2 N–H and O–H groups in total. The summed E-state index contributed by atoms with van der Waals surface area (Å²) in [4.78, 5) is 8.24. The van der Waals surface area contributed by atoms with Crippen LogP contribution in [-0.2, 0) is 16.4 Å². The molecule has 0 atom stereocenters. The lowest BCUT2D eigenvalue weighted by Gasteiger charge is -2.13. The lowest BCUT2D eigenvalue weighted by molar-refractivity contribution is 0.361. The highest BCUT2D eigenvalue weighted by Crippen LogP contribution is 2.34. The minimum absolute atomic E-state index is 0.0725. The molecule has 0 aliphatic rings. The van der Waals surface area contributed by atoms with Gasteiger partial charge in [0, 0.05) is 18.0 Å². The highest BCUT2D eigenvalue weighted by molar-refractivity contribution is 9.10. The third-order valence-electron chi connectivity index (χ3n) is 4.14. The predicted octanol–water partition coefficient (Wildman–Crippen LogP) is 2.44. The number of fused-ring (bicyclic) bond motifs is 1. The maximum atomic E-state index is 14.9. The third-order valence-corrected chi connectivity index (χ3v) is 5.69. The first-order valence-electron chi connectivity index (χ1n) is 8.11. The Morgan fingerprint density at radius 2 is 1.90 bits per heavy atom. The Kier molecular flexibility index (Phi) is 5.74. The second kappa shape index (κ2) is 7.94. The average Bonchev–Trinajstić information content (AvgIpc) is 3.09. The van der Waals surface area contributed by atoms with Crippen LogP contribution in [0.3, 0.4) is 0 Å². The van der Waals surface area contributed by atoms with Crippen LogP contribution in [0.5, 0.6) is 11.8 Å². The highest BCUT2D eigenvalue weighted by Gasteiger charge is 2.25. The van der Waals surface area contributed by atoms with Gasteiger partial charge in [0.15, 0.2) is 5.82 Å². The van der Waals surface area contributed by atoms with Gasteiger partial charge < -0.3 is 9.47 Å². The van der Waals surface area contributed by atoms with Crippen LogP contribution in [0.25, 0.3) is 16.9 Å². The van der Waals surface area contributed by atoms with Crippen molar-refractivity contribution in [3.63, 3.8) is 0 Å². The average molecular weight is 484 g/mol. The summed E-state index contributed by atoms with van der Waals surface area (Å²) < 4.78 is 50.8. The normalized spacial score (nSPS) is 11.4. The van der Waals surface area contributed by atoms with Crippen LogP contribution in [0.1, 0.15) is 12.0 Å². The second-order valence-electron chi connectivity index (χ2n) is 5.84. The molecule has 3 rings (SSSR count). The van der Waals surface area contributed by atoms with Gasteiger partial charge in [0.25, 0.3) is 0 Å². The zero-order chi connectivity index (χ0) is 21.3. The van der Waals surface area contributed by atoms with Crippen LogP contribution in [0.15, 0.2) is 27.7 Å². The minimum atomic E-state index is -4.15. The van der Waals surface area contributed by atoms with Gasteiger partial charge in [-0.1, -0.05) is 6.07 Å². The van der Waals surface area contributed by atoms with E-state index in [2.05, 4.69) is 25.9 Å². The first kappa shape index (κ1) is 21.0. The monoisotopic (exact) mass is 483 g/mol. The molecule has 0 bridgehead atoms. The number of nitrogens with zero attached hydrogens (tertiary/aromatic N) is 4. The van der Waals surface area contributed by atoms with Gasteiger partial charge in [0.1, 0.15) is 4.90 Å². The van der Waals surface area contributed by atoms with Crippen molar-refractivity contribution in [2.45, 2.75) is 17.7 Å². The lowest BCUT2D eigenvalue weighted by atomic mass is 10.2. The fourth-order valence-electron chi connectivity index (χ4n) is 2.88. The van der Waals surface area contributed by atoms with E-state index in [9.17, 15) is 12.8 Å². The van der Waals surface area contributed by atoms with Gasteiger partial charge in [0.2, 0.25) is 27.7 Å². The lowest BCUT2D eigenvalue weighted by Crippen LogP contribution is -2.12. The SMILES string of the molecule is COc1nc(-n2cc(S(N)(=O)=O)c3ccc(Br)c(F)c32)nc(OC)c1CCC#N. The quantitative estimate of drug-likeness (QED) is 0.568. The van der Waals surface area contributed by atoms with Crippen molar-refractivity contribution in [1.82, 2.24) is 14.5 Å². The number of methoxy groups -OCH3 is 2. The molecule has 0 radical (unpaired) electrons. The van der Waals surface area contributed by atoms with E-state index < -0.39 is 15.8 Å². The summed E-state index contributed by atoms with van der Waals surface area (Å²) >= 11 is 3.09. The summed E-state index contributed by atoms with van der Waals surface area (Å²) in [6, 6.07) is 4.82. The van der Waals surface area contributed by atoms with E-state index in [1.54, 1.807) is 0 Å². The molecular formula is C17H15BrFN5O4S. The molecule has 1 aromatic carbocycles. The summed E-state index contributed by atoms with van der Waals surface area (Å²) in [5.74, 6) is -0.559. The van der Waals surface area contributed by atoms with Gasteiger partial charge in [0.05, 0.1) is 35.8 Å². The van der Waals surface area contributed by atoms with Crippen molar-refractivity contribution in [3.8, 4) is 23.8 Å². The topological polar surface area (TPSA) is 133 Å². The van der Waals surface area contributed by atoms with Crippen LogP contribution in [0, 0.1) is 17.1 Å². The molecule has 3 aromatic rings. The number of sulfonamides is 1. The van der Waals surface area contributed by atoms with Crippen LogP contribution < -0.4 is 14.6 Å².